The zero-order valence-corrected chi connectivity index (χ0v) is 23.2. The van der Waals surface area contributed by atoms with Crippen LogP contribution >= 0.6 is 0 Å². The number of ketones is 1. The molecule has 1 aliphatic carbocycles. The molecule has 220 valence electrons. The van der Waals surface area contributed by atoms with E-state index in [9.17, 15) is 19.5 Å². The molecule has 12 heteroatoms. The molecule has 2 aromatic heterocycles. The van der Waals surface area contributed by atoms with Crippen molar-refractivity contribution in [3.63, 3.8) is 0 Å². The molecule has 1 saturated carbocycles. The fourth-order valence-corrected chi connectivity index (χ4v) is 5.68. The Labute approximate surface area is 240 Å². The zero-order chi connectivity index (χ0) is 29.7. The number of hydrogen-bond donors (Lipinski definition) is 1. The van der Waals surface area contributed by atoms with Crippen LogP contribution in [0.2, 0.25) is 0 Å². The first-order valence-electron chi connectivity index (χ1n) is 14.0. The minimum atomic E-state index is -1.36. The highest BCUT2D eigenvalue weighted by molar-refractivity contribution is 5.92. The maximum absolute atomic E-state index is 15.3. The number of pyridine rings is 2. The van der Waals surface area contributed by atoms with Gasteiger partial charge in [-0.1, -0.05) is 0 Å². The van der Waals surface area contributed by atoms with Crippen molar-refractivity contribution in [1.82, 2.24) is 9.55 Å². The molecule has 1 aromatic carbocycles. The normalized spacial score (nSPS) is 19.0. The van der Waals surface area contributed by atoms with Crippen molar-refractivity contribution >= 4 is 40.0 Å². The lowest BCUT2D eigenvalue weighted by atomic mass is 10.1. The van der Waals surface area contributed by atoms with Crippen LogP contribution in [0.4, 0.5) is 26.0 Å². The van der Waals surface area contributed by atoms with E-state index in [1.54, 1.807) is 26.5 Å². The number of carbonyl (C=O) groups excluding carboxylic acids is 1. The Balaban J connectivity index is 1.18. The van der Waals surface area contributed by atoms with Gasteiger partial charge in [-0.3, -0.25) is 4.79 Å². The number of halogens is 2. The van der Waals surface area contributed by atoms with E-state index < -0.39 is 28.6 Å². The van der Waals surface area contributed by atoms with E-state index in [-0.39, 0.29) is 34.8 Å². The number of carbonyl (C=O) groups is 2. The van der Waals surface area contributed by atoms with Gasteiger partial charge in [-0.05, 0) is 57.0 Å². The summed E-state index contributed by atoms with van der Waals surface area (Å²) in [7, 11) is 0. The van der Waals surface area contributed by atoms with Crippen molar-refractivity contribution < 1.29 is 28.2 Å². The molecule has 1 N–H and O–H groups in total. The zero-order valence-electron chi connectivity index (χ0n) is 23.2. The minimum Gasteiger partial charge on any atom is -0.477 e. The highest BCUT2D eigenvalue weighted by Gasteiger charge is 2.31. The van der Waals surface area contributed by atoms with Gasteiger partial charge in [-0.15, -0.1) is 0 Å². The van der Waals surface area contributed by atoms with Gasteiger partial charge < -0.3 is 33.9 Å². The molecule has 2 aliphatic heterocycles. The number of ether oxygens (including phenoxy) is 1. The maximum Gasteiger partial charge on any atom is 0.341 e. The molecule has 0 unspecified atom stereocenters. The average Bonchev–Trinajstić information content (AvgIpc) is 3.73. The van der Waals surface area contributed by atoms with Crippen molar-refractivity contribution in [3.05, 3.63) is 70.3 Å². The first-order valence-corrected chi connectivity index (χ1v) is 14.0. The Morgan fingerprint density at radius 1 is 1.10 bits per heavy atom. The third kappa shape index (κ3) is 5.17. The Kier molecular flexibility index (Phi) is 7.07. The number of aromatic carboxylic acids is 1. The Bertz CT molecular complexity index is 1660. The number of fused-ring (bicyclic) bond motifs is 1. The molecule has 0 amide bonds. The number of anilines is 3. The van der Waals surface area contributed by atoms with Crippen molar-refractivity contribution in [3.8, 4) is 0 Å². The summed E-state index contributed by atoms with van der Waals surface area (Å²) in [5.41, 5.74) is 0.142. The van der Waals surface area contributed by atoms with E-state index >= 15 is 8.78 Å². The van der Waals surface area contributed by atoms with Crippen LogP contribution in [0.25, 0.3) is 11.0 Å². The Hall–Kier alpha value is -4.48. The van der Waals surface area contributed by atoms with Gasteiger partial charge in [0.05, 0.1) is 17.6 Å². The summed E-state index contributed by atoms with van der Waals surface area (Å²) in [4.78, 5) is 45.6. The van der Waals surface area contributed by atoms with Crippen LogP contribution in [0.3, 0.4) is 0 Å². The van der Waals surface area contributed by atoms with Crippen LogP contribution in [0, 0.1) is 11.6 Å². The fourth-order valence-electron chi connectivity index (χ4n) is 5.68. The van der Waals surface area contributed by atoms with Gasteiger partial charge in [0.25, 0.3) is 0 Å². The molecule has 1 atom stereocenters. The smallest absolute Gasteiger partial charge is 0.341 e. The van der Waals surface area contributed by atoms with Gasteiger partial charge in [0.2, 0.25) is 5.43 Å². The van der Waals surface area contributed by atoms with Crippen LogP contribution in [0.5, 0.6) is 0 Å². The predicted molar refractivity (Wildman–Crippen MR) is 153 cm³/mol. The number of piperazine rings is 1. The quantitative estimate of drug-likeness (QED) is 0.422. The van der Waals surface area contributed by atoms with Gasteiger partial charge in [-0.2, -0.15) is 0 Å². The van der Waals surface area contributed by atoms with Crippen molar-refractivity contribution in [2.24, 2.45) is 0 Å². The lowest BCUT2D eigenvalue weighted by Gasteiger charge is -2.37. The fraction of sp³-hybridized carbons (Fsp3) is 0.400. The third-order valence-electron chi connectivity index (χ3n) is 8.08. The van der Waals surface area contributed by atoms with E-state index in [1.807, 2.05) is 4.90 Å². The largest absolute Gasteiger partial charge is 0.477 e. The molecule has 3 aliphatic rings. The summed E-state index contributed by atoms with van der Waals surface area (Å²) in [5.74, 6) is -1.88. The monoisotopic (exact) mass is 579 g/mol. The van der Waals surface area contributed by atoms with E-state index in [1.165, 1.54) is 19.2 Å². The molecule has 3 fully saturated rings. The molecule has 0 bridgehead atoms. The summed E-state index contributed by atoms with van der Waals surface area (Å²) in [6.45, 7) is 7.51. The summed E-state index contributed by atoms with van der Waals surface area (Å²) in [6.07, 6.45) is 3.76. The van der Waals surface area contributed by atoms with Crippen LogP contribution in [-0.2, 0) is 9.53 Å². The van der Waals surface area contributed by atoms with E-state index in [4.69, 9.17) is 4.74 Å². The second-order valence-electron chi connectivity index (χ2n) is 11.1. The number of rotatable bonds is 8. The molecule has 6 rings (SSSR count). The molecule has 0 radical (unpaired) electrons. The Morgan fingerprint density at radius 3 is 2.45 bits per heavy atom. The third-order valence-corrected chi connectivity index (χ3v) is 8.08. The van der Waals surface area contributed by atoms with Crippen molar-refractivity contribution in [1.29, 1.82) is 0 Å². The van der Waals surface area contributed by atoms with Gasteiger partial charge in [-0.25, -0.2) is 18.6 Å². The average molecular weight is 580 g/mol. The second-order valence-corrected chi connectivity index (χ2v) is 11.1. The van der Waals surface area contributed by atoms with Gasteiger partial charge >= 0.3 is 5.97 Å². The van der Waals surface area contributed by atoms with Crippen LogP contribution in [-0.4, -0.2) is 65.2 Å². The first-order chi connectivity index (χ1) is 20.1. The van der Waals surface area contributed by atoms with Crippen molar-refractivity contribution in [2.45, 2.75) is 44.8 Å². The number of benzene rings is 1. The Morgan fingerprint density at radius 2 is 1.81 bits per heavy atom. The van der Waals surface area contributed by atoms with E-state index in [0.717, 1.165) is 18.9 Å². The molecule has 42 heavy (non-hydrogen) atoms. The first kappa shape index (κ1) is 27.7. The lowest BCUT2D eigenvalue weighted by molar-refractivity contribution is -0.117. The number of carboxylic acids is 1. The SMILES string of the molecule is C=C1O[C@@H](CCC(C)=O)CN1c1ccc(N2CCN(c3nc4c(cc3F)c(=O)c(C(=O)O)cn4C3CC3)CC2)c(F)c1. The van der Waals surface area contributed by atoms with Crippen LogP contribution in [0.15, 0.2) is 47.7 Å². The highest BCUT2D eigenvalue weighted by atomic mass is 19.1. The number of hydrogen-bond acceptors (Lipinski definition) is 8. The molecular weight excluding hydrogens is 548 g/mol. The molecule has 0 spiro atoms. The standard InChI is InChI=1S/C30H31F2N5O5/c1-17(38)3-7-21-15-36(18(2)42-21)20-6-8-26(24(31)13-20)34-9-11-35(12-10-34)29-25(32)14-22-27(39)23(30(40)41)16-37(19-4-5-19)28(22)33-29/h6,8,13-14,16,19,21H,2-5,7,9-12,15H2,1H3,(H,40,41)/t21-/m0/s1. The van der Waals surface area contributed by atoms with Crippen LogP contribution < -0.4 is 20.1 Å². The number of carboxylic acid groups (broad SMARTS) is 1. The molecule has 2 saturated heterocycles. The predicted octanol–water partition coefficient (Wildman–Crippen LogP) is 4.08. The number of Topliss-reactive ketones (excluding diaryl/α,β-unsaturated/α-hetero) is 1. The lowest BCUT2D eigenvalue weighted by Crippen LogP contribution is -2.47. The molecular formula is C30H31F2N5O5. The molecule has 3 aromatic rings. The number of nitrogens with zero attached hydrogens (tertiary/aromatic N) is 5. The van der Waals surface area contributed by atoms with E-state index in [2.05, 4.69) is 11.6 Å². The van der Waals surface area contributed by atoms with E-state index in [0.29, 0.717) is 62.8 Å². The number of aromatic nitrogens is 2. The highest BCUT2D eigenvalue weighted by Crippen LogP contribution is 2.37. The van der Waals surface area contributed by atoms with Gasteiger partial charge in [0, 0.05) is 50.5 Å². The maximum atomic E-state index is 15.3. The molecule has 10 nitrogen and oxygen atoms in total. The van der Waals surface area contributed by atoms with Crippen LogP contribution in [0.1, 0.15) is 49.0 Å². The van der Waals surface area contributed by atoms with Gasteiger partial charge in [0.15, 0.2) is 17.5 Å². The van der Waals surface area contributed by atoms with Gasteiger partial charge in [0.1, 0.15) is 28.9 Å². The summed E-state index contributed by atoms with van der Waals surface area (Å²) in [5, 5.41) is 9.40. The van der Waals surface area contributed by atoms with Crippen molar-refractivity contribution in [2.75, 3.05) is 47.4 Å². The molecule has 4 heterocycles. The topological polar surface area (TPSA) is 108 Å². The second kappa shape index (κ2) is 10.7. The summed E-state index contributed by atoms with van der Waals surface area (Å²) < 4.78 is 38.0. The summed E-state index contributed by atoms with van der Waals surface area (Å²) in [6, 6.07) is 6.06. The summed E-state index contributed by atoms with van der Waals surface area (Å²) >= 11 is 0. The minimum absolute atomic E-state index is 0.0236.